The highest BCUT2D eigenvalue weighted by atomic mass is 79.9. The van der Waals surface area contributed by atoms with Crippen molar-refractivity contribution in [3.05, 3.63) is 28.2 Å². The molecule has 1 unspecified atom stereocenters. The first-order valence-corrected chi connectivity index (χ1v) is 6.58. The minimum atomic E-state index is 0.270. The Kier molecular flexibility index (Phi) is 4.59. The summed E-state index contributed by atoms with van der Waals surface area (Å²) in [4.78, 5) is 0. The molecule has 17 heavy (non-hydrogen) atoms. The molecule has 0 aliphatic rings. The Morgan fingerprint density at radius 1 is 1.41 bits per heavy atom. The lowest BCUT2D eigenvalue weighted by Crippen LogP contribution is -2.25. The van der Waals surface area contributed by atoms with E-state index in [1.54, 1.807) is 0 Å². The van der Waals surface area contributed by atoms with Crippen molar-refractivity contribution in [2.75, 3.05) is 11.9 Å². The van der Waals surface area contributed by atoms with Gasteiger partial charge in [-0.1, -0.05) is 33.8 Å². The van der Waals surface area contributed by atoms with Crippen LogP contribution < -0.4 is 5.32 Å². The Morgan fingerprint density at radius 2 is 2.06 bits per heavy atom. The van der Waals surface area contributed by atoms with Crippen LogP contribution in [0.15, 0.2) is 22.7 Å². The number of halogens is 1. The highest BCUT2D eigenvalue weighted by Crippen LogP contribution is 2.28. The van der Waals surface area contributed by atoms with E-state index in [1.807, 2.05) is 18.2 Å². The fourth-order valence-electron chi connectivity index (χ4n) is 1.35. The summed E-state index contributed by atoms with van der Waals surface area (Å²) in [6.45, 7) is 9.77. The third kappa shape index (κ3) is 3.74. The molecule has 0 heterocycles. The molecule has 1 aromatic carbocycles. The van der Waals surface area contributed by atoms with E-state index in [1.165, 1.54) is 0 Å². The van der Waals surface area contributed by atoms with Crippen LogP contribution in [0.1, 0.15) is 33.3 Å². The Bertz CT molecular complexity index is 427. The predicted molar refractivity (Wildman–Crippen MR) is 76.0 cm³/mol. The molecule has 92 valence electrons. The topological polar surface area (TPSA) is 35.8 Å². The molecule has 0 aromatic heterocycles. The first-order valence-electron chi connectivity index (χ1n) is 5.78. The normalized spacial score (nSPS) is 12.9. The lowest BCUT2D eigenvalue weighted by Gasteiger charge is -2.27. The van der Waals surface area contributed by atoms with Crippen LogP contribution in [0, 0.1) is 22.7 Å². The smallest absolute Gasteiger partial charge is 0.103 e. The predicted octanol–water partition coefficient (Wildman–Crippen LogP) is 4.41. The summed E-state index contributed by atoms with van der Waals surface area (Å²) in [6, 6.07) is 7.99. The minimum absolute atomic E-state index is 0.270. The van der Waals surface area contributed by atoms with Crippen LogP contribution in [-0.2, 0) is 0 Å². The second-order valence-electron chi connectivity index (χ2n) is 5.42. The maximum Gasteiger partial charge on any atom is 0.103 e. The molecule has 0 aliphatic carbocycles. The SMILES string of the molecule is CC(CNc1cccc(Br)c1C#N)C(C)(C)C. The van der Waals surface area contributed by atoms with E-state index < -0.39 is 0 Å². The quantitative estimate of drug-likeness (QED) is 0.896. The maximum absolute atomic E-state index is 9.10. The van der Waals surface area contributed by atoms with Crippen molar-refractivity contribution in [3.8, 4) is 6.07 Å². The fourth-order valence-corrected chi connectivity index (χ4v) is 1.81. The Balaban J connectivity index is 2.78. The number of benzene rings is 1. The van der Waals surface area contributed by atoms with E-state index in [2.05, 4.69) is 55.0 Å². The van der Waals surface area contributed by atoms with Crippen LogP contribution in [0.4, 0.5) is 5.69 Å². The summed E-state index contributed by atoms with van der Waals surface area (Å²) >= 11 is 3.39. The van der Waals surface area contributed by atoms with Gasteiger partial charge in [-0.25, -0.2) is 0 Å². The molecule has 0 fully saturated rings. The molecule has 1 N–H and O–H groups in total. The van der Waals surface area contributed by atoms with Crippen molar-refractivity contribution < 1.29 is 0 Å². The Labute approximate surface area is 112 Å². The zero-order valence-electron chi connectivity index (χ0n) is 10.8. The van der Waals surface area contributed by atoms with E-state index in [-0.39, 0.29) is 5.41 Å². The molecule has 1 atom stereocenters. The van der Waals surface area contributed by atoms with Gasteiger partial charge < -0.3 is 5.32 Å². The van der Waals surface area contributed by atoms with E-state index in [0.29, 0.717) is 11.5 Å². The standard InChI is InChI=1S/C14H19BrN2/c1-10(14(2,3)4)9-17-13-7-5-6-12(15)11(13)8-16/h5-7,10,17H,9H2,1-4H3. The minimum Gasteiger partial charge on any atom is -0.384 e. The first kappa shape index (κ1) is 14.1. The average Bonchev–Trinajstić information content (AvgIpc) is 2.24. The van der Waals surface area contributed by atoms with Gasteiger partial charge in [-0.3, -0.25) is 0 Å². The van der Waals surface area contributed by atoms with Gasteiger partial charge in [0.1, 0.15) is 6.07 Å². The molecule has 0 aliphatic heterocycles. The second kappa shape index (κ2) is 5.55. The van der Waals surface area contributed by atoms with Gasteiger partial charge in [0.25, 0.3) is 0 Å². The van der Waals surface area contributed by atoms with Crippen molar-refractivity contribution in [1.29, 1.82) is 5.26 Å². The zero-order chi connectivity index (χ0) is 13.1. The molecule has 1 aromatic rings. The molecule has 2 nitrogen and oxygen atoms in total. The number of nitrogens with zero attached hydrogens (tertiary/aromatic N) is 1. The van der Waals surface area contributed by atoms with Gasteiger partial charge in [0.05, 0.1) is 11.3 Å². The molecular weight excluding hydrogens is 276 g/mol. The molecule has 0 radical (unpaired) electrons. The van der Waals surface area contributed by atoms with Crippen molar-refractivity contribution >= 4 is 21.6 Å². The molecule has 3 heteroatoms. The number of hydrogen-bond donors (Lipinski definition) is 1. The Morgan fingerprint density at radius 3 is 2.59 bits per heavy atom. The average molecular weight is 295 g/mol. The number of rotatable bonds is 3. The highest BCUT2D eigenvalue weighted by molar-refractivity contribution is 9.10. The van der Waals surface area contributed by atoms with Crippen molar-refractivity contribution in [2.24, 2.45) is 11.3 Å². The highest BCUT2D eigenvalue weighted by Gasteiger charge is 2.19. The molecule has 0 amide bonds. The zero-order valence-corrected chi connectivity index (χ0v) is 12.4. The number of nitriles is 1. The van der Waals surface area contributed by atoms with Crippen molar-refractivity contribution in [1.82, 2.24) is 0 Å². The Hall–Kier alpha value is -1.01. The third-order valence-corrected chi connectivity index (χ3v) is 3.86. The number of nitrogens with one attached hydrogen (secondary N) is 1. The summed E-state index contributed by atoms with van der Waals surface area (Å²) in [6.07, 6.45) is 0. The van der Waals surface area contributed by atoms with Gasteiger partial charge in [0.2, 0.25) is 0 Å². The monoisotopic (exact) mass is 294 g/mol. The molecule has 0 saturated carbocycles. The number of anilines is 1. The van der Waals surface area contributed by atoms with Crippen LogP contribution in [-0.4, -0.2) is 6.54 Å². The van der Waals surface area contributed by atoms with Gasteiger partial charge >= 0.3 is 0 Å². The largest absolute Gasteiger partial charge is 0.384 e. The maximum atomic E-state index is 9.10. The van der Waals surface area contributed by atoms with E-state index in [4.69, 9.17) is 5.26 Å². The summed E-state index contributed by atoms with van der Waals surface area (Å²) in [5, 5.41) is 12.5. The van der Waals surface area contributed by atoms with Crippen LogP contribution >= 0.6 is 15.9 Å². The molecule has 0 saturated heterocycles. The van der Waals surface area contributed by atoms with Crippen LogP contribution in [0.25, 0.3) is 0 Å². The van der Waals surface area contributed by atoms with Crippen molar-refractivity contribution in [3.63, 3.8) is 0 Å². The van der Waals surface area contributed by atoms with Gasteiger partial charge in [0.15, 0.2) is 0 Å². The lowest BCUT2D eigenvalue weighted by atomic mass is 9.82. The van der Waals surface area contributed by atoms with Crippen molar-refractivity contribution in [2.45, 2.75) is 27.7 Å². The van der Waals surface area contributed by atoms with Gasteiger partial charge in [-0.05, 0) is 39.4 Å². The summed E-state index contributed by atoms with van der Waals surface area (Å²) in [7, 11) is 0. The molecular formula is C14H19BrN2. The fraction of sp³-hybridized carbons (Fsp3) is 0.500. The summed E-state index contributed by atoms with van der Waals surface area (Å²) in [5.41, 5.74) is 1.85. The van der Waals surface area contributed by atoms with Gasteiger partial charge in [0, 0.05) is 11.0 Å². The van der Waals surface area contributed by atoms with Crippen LogP contribution in [0.2, 0.25) is 0 Å². The molecule has 0 bridgehead atoms. The lowest BCUT2D eigenvalue weighted by molar-refractivity contribution is 0.274. The molecule has 0 spiro atoms. The van der Waals surface area contributed by atoms with Gasteiger partial charge in [-0.2, -0.15) is 5.26 Å². The van der Waals surface area contributed by atoms with E-state index in [0.717, 1.165) is 16.7 Å². The van der Waals surface area contributed by atoms with Crippen LogP contribution in [0.5, 0.6) is 0 Å². The number of hydrogen-bond acceptors (Lipinski definition) is 2. The van der Waals surface area contributed by atoms with E-state index >= 15 is 0 Å². The van der Waals surface area contributed by atoms with Gasteiger partial charge in [-0.15, -0.1) is 0 Å². The molecule has 1 rings (SSSR count). The van der Waals surface area contributed by atoms with E-state index in [9.17, 15) is 0 Å². The summed E-state index contributed by atoms with van der Waals surface area (Å²) < 4.78 is 0.841. The first-order chi connectivity index (χ1) is 7.86. The van der Waals surface area contributed by atoms with Crippen LogP contribution in [0.3, 0.4) is 0 Å². The summed E-state index contributed by atoms with van der Waals surface area (Å²) in [5.74, 6) is 0.535. The second-order valence-corrected chi connectivity index (χ2v) is 6.28. The third-order valence-electron chi connectivity index (χ3n) is 3.20.